The smallest absolute Gasteiger partial charge is 0.0596 e. The molecule has 2 aliphatic rings. The lowest BCUT2D eigenvalue weighted by Gasteiger charge is -2.39. The van der Waals surface area contributed by atoms with Crippen molar-refractivity contribution in [1.82, 2.24) is 4.90 Å². The normalized spacial score (nSPS) is 30.1. The van der Waals surface area contributed by atoms with Crippen LogP contribution in [-0.4, -0.2) is 23.5 Å². The highest BCUT2D eigenvalue weighted by molar-refractivity contribution is 9.10. The van der Waals surface area contributed by atoms with Crippen LogP contribution in [0, 0.1) is 5.92 Å². The monoisotopic (exact) mass is 356 g/mol. The van der Waals surface area contributed by atoms with E-state index in [1.165, 1.54) is 48.0 Å². The van der Waals surface area contributed by atoms with E-state index < -0.39 is 0 Å². The van der Waals surface area contributed by atoms with Crippen LogP contribution >= 0.6 is 27.3 Å². The number of rotatable bonds is 4. The first-order chi connectivity index (χ1) is 9.70. The van der Waals surface area contributed by atoms with Gasteiger partial charge in [0.15, 0.2) is 0 Å². The zero-order valence-electron chi connectivity index (χ0n) is 12.2. The number of hydrogen-bond acceptors (Lipinski definition) is 3. The van der Waals surface area contributed by atoms with E-state index in [1.54, 1.807) is 0 Å². The van der Waals surface area contributed by atoms with Crippen molar-refractivity contribution in [1.29, 1.82) is 0 Å². The highest BCUT2D eigenvalue weighted by Gasteiger charge is 2.41. The van der Waals surface area contributed by atoms with Crippen molar-refractivity contribution in [2.75, 3.05) is 6.54 Å². The summed E-state index contributed by atoms with van der Waals surface area (Å²) >= 11 is 5.46. The van der Waals surface area contributed by atoms with E-state index in [4.69, 9.17) is 5.73 Å². The van der Waals surface area contributed by atoms with Gasteiger partial charge in [0.2, 0.25) is 0 Å². The number of hydrogen-bond donors (Lipinski definition) is 1. The molecule has 1 saturated heterocycles. The Hall–Kier alpha value is 0.1000. The van der Waals surface area contributed by atoms with Gasteiger partial charge in [0.1, 0.15) is 0 Å². The van der Waals surface area contributed by atoms with E-state index in [-0.39, 0.29) is 6.04 Å². The second-order valence-electron chi connectivity index (χ2n) is 6.32. The first-order valence-electron chi connectivity index (χ1n) is 7.96. The van der Waals surface area contributed by atoms with Crippen molar-refractivity contribution in [3.05, 3.63) is 20.8 Å². The summed E-state index contributed by atoms with van der Waals surface area (Å²) in [5.74, 6) is 0.929. The molecule has 4 atom stereocenters. The van der Waals surface area contributed by atoms with Crippen LogP contribution in [0.3, 0.4) is 0 Å². The van der Waals surface area contributed by atoms with E-state index in [2.05, 4.69) is 39.2 Å². The van der Waals surface area contributed by atoms with Crippen molar-refractivity contribution in [3.63, 3.8) is 0 Å². The summed E-state index contributed by atoms with van der Waals surface area (Å²) in [4.78, 5) is 4.19. The highest BCUT2D eigenvalue weighted by Crippen LogP contribution is 2.43. The fourth-order valence-corrected chi connectivity index (χ4v) is 5.75. The summed E-state index contributed by atoms with van der Waals surface area (Å²) in [6, 6.07) is 3.74. The molecular weight excluding hydrogens is 332 g/mol. The van der Waals surface area contributed by atoms with Crippen LogP contribution in [0.2, 0.25) is 0 Å². The van der Waals surface area contributed by atoms with Gasteiger partial charge in [-0.2, -0.15) is 0 Å². The molecule has 2 heterocycles. The third kappa shape index (κ3) is 2.85. The molecule has 0 spiro atoms. The summed E-state index contributed by atoms with van der Waals surface area (Å²) in [6.07, 6.45) is 8.08. The minimum absolute atomic E-state index is 0.251. The molecule has 0 amide bonds. The predicted octanol–water partition coefficient (Wildman–Crippen LogP) is 4.55. The molecule has 1 aromatic heterocycles. The average Bonchev–Trinajstić information content (AvgIpc) is 3.07. The van der Waals surface area contributed by atoms with Gasteiger partial charge in [0, 0.05) is 26.8 Å². The van der Waals surface area contributed by atoms with Gasteiger partial charge in [0.25, 0.3) is 0 Å². The Morgan fingerprint density at radius 1 is 1.40 bits per heavy atom. The maximum atomic E-state index is 6.51. The number of thiophene rings is 1. The van der Waals surface area contributed by atoms with Crippen molar-refractivity contribution in [2.24, 2.45) is 11.7 Å². The van der Waals surface area contributed by atoms with Crippen LogP contribution in [-0.2, 0) is 0 Å². The second kappa shape index (κ2) is 6.47. The van der Waals surface area contributed by atoms with Gasteiger partial charge in [-0.1, -0.05) is 19.8 Å². The van der Waals surface area contributed by atoms with E-state index >= 15 is 0 Å². The Morgan fingerprint density at radius 3 is 2.90 bits per heavy atom. The minimum atomic E-state index is 0.251. The molecule has 4 unspecified atom stereocenters. The molecular formula is C16H25BrN2S. The molecule has 1 saturated carbocycles. The molecule has 20 heavy (non-hydrogen) atoms. The van der Waals surface area contributed by atoms with Gasteiger partial charge in [-0.05, 0) is 60.1 Å². The molecule has 0 radical (unpaired) electrons. The molecule has 0 bridgehead atoms. The molecule has 4 heteroatoms. The van der Waals surface area contributed by atoms with Crippen LogP contribution in [0.1, 0.15) is 56.4 Å². The Balaban J connectivity index is 1.85. The molecule has 1 aromatic rings. The predicted molar refractivity (Wildman–Crippen MR) is 90.1 cm³/mol. The first-order valence-corrected chi connectivity index (χ1v) is 9.63. The lowest BCUT2D eigenvalue weighted by atomic mass is 9.84. The average molecular weight is 357 g/mol. The van der Waals surface area contributed by atoms with Crippen molar-refractivity contribution < 1.29 is 0 Å². The summed E-state index contributed by atoms with van der Waals surface area (Å²) in [6.45, 7) is 3.46. The Kier molecular flexibility index (Phi) is 4.86. The molecule has 1 aliphatic carbocycles. The second-order valence-corrected chi connectivity index (χ2v) is 8.18. The summed E-state index contributed by atoms with van der Waals surface area (Å²) in [5.41, 5.74) is 6.51. The number of nitrogens with two attached hydrogens (primary N) is 1. The lowest BCUT2D eigenvalue weighted by Crippen LogP contribution is -2.44. The third-order valence-corrected chi connectivity index (χ3v) is 6.93. The van der Waals surface area contributed by atoms with Gasteiger partial charge in [-0.15, -0.1) is 11.3 Å². The maximum Gasteiger partial charge on any atom is 0.0596 e. The topological polar surface area (TPSA) is 29.3 Å². The molecule has 1 aliphatic heterocycles. The molecule has 0 aromatic carbocycles. The van der Waals surface area contributed by atoms with Crippen LogP contribution < -0.4 is 5.73 Å². The third-order valence-electron chi connectivity index (χ3n) is 5.17. The number of nitrogens with zero attached hydrogens (tertiary/aromatic N) is 1. The van der Waals surface area contributed by atoms with Crippen molar-refractivity contribution in [3.8, 4) is 0 Å². The van der Waals surface area contributed by atoms with Crippen molar-refractivity contribution in [2.45, 2.75) is 63.6 Å². The molecule has 112 valence electrons. The molecule has 2 N–H and O–H groups in total. The van der Waals surface area contributed by atoms with E-state index in [1.807, 2.05) is 11.3 Å². The van der Waals surface area contributed by atoms with Gasteiger partial charge in [-0.25, -0.2) is 0 Å². The Labute approximate surface area is 134 Å². The lowest BCUT2D eigenvalue weighted by molar-refractivity contribution is 0.116. The molecule has 2 fully saturated rings. The minimum Gasteiger partial charge on any atom is -0.326 e. The largest absolute Gasteiger partial charge is 0.326 e. The Morgan fingerprint density at radius 2 is 2.20 bits per heavy atom. The molecule has 2 nitrogen and oxygen atoms in total. The van der Waals surface area contributed by atoms with Crippen LogP contribution in [0.4, 0.5) is 0 Å². The van der Waals surface area contributed by atoms with Gasteiger partial charge in [-0.3, -0.25) is 4.90 Å². The van der Waals surface area contributed by atoms with E-state index in [9.17, 15) is 0 Å². The number of fused-ring (bicyclic) bond motifs is 1. The van der Waals surface area contributed by atoms with E-state index in [0.717, 1.165) is 18.4 Å². The zero-order chi connectivity index (χ0) is 14.1. The first kappa shape index (κ1) is 15.0. The van der Waals surface area contributed by atoms with Gasteiger partial charge >= 0.3 is 0 Å². The maximum absolute atomic E-state index is 6.51. The van der Waals surface area contributed by atoms with Crippen LogP contribution in [0.15, 0.2) is 15.9 Å². The fraction of sp³-hybridized carbons (Fsp3) is 0.750. The van der Waals surface area contributed by atoms with E-state index in [0.29, 0.717) is 6.04 Å². The van der Waals surface area contributed by atoms with Gasteiger partial charge in [0.05, 0.1) is 6.04 Å². The summed E-state index contributed by atoms with van der Waals surface area (Å²) < 4.78 is 1.20. The number of likely N-dealkylation sites (tertiary alicyclic amines) is 1. The van der Waals surface area contributed by atoms with Gasteiger partial charge < -0.3 is 5.73 Å². The summed E-state index contributed by atoms with van der Waals surface area (Å²) in [5, 5.41) is 2.19. The SMILES string of the molecule is CCC(N)C(c1cc(Br)cs1)N1CCC2CCCCC21. The number of halogens is 1. The van der Waals surface area contributed by atoms with Crippen LogP contribution in [0.25, 0.3) is 0 Å². The molecule has 3 rings (SSSR count). The quantitative estimate of drug-likeness (QED) is 0.856. The van der Waals surface area contributed by atoms with Crippen molar-refractivity contribution >= 4 is 27.3 Å². The standard InChI is InChI=1S/C16H25BrN2S/c1-2-13(18)16(15-9-12(17)10-20-15)19-8-7-11-5-3-4-6-14(11)19/h9-11,13-14,16H,2-8,18H2,1H3. The summed E-state index contributed by atoms with van der Waals surface area (Å²) in [7, 11) is 0. The fourth-order valence-electron chi connectivity index (χ4n) is 4.11. The Bertz CT molecular complexity index is 447. The zero-order valence-corrected chi connectivity index (χ0v) is 14.6. The van der Waals surface area contributed by atoms with Crippen LogP contribution in [0.5, 0.6) is 0 Å². The highest BCUT2D eigenvalue weighted by atomic mass is 79.9.